The van der Waals surface area contributed by atoms with Crippen LogP contribution in [0.25, 0.3) is 0 Å². The standard InChI is InChI=1S/C30H35F3N4O3S3.C6H14N2.C2H6.C2H4/c1-22(2)21-36-15-17-37(18-16-36)24-10-8-23(9-11-24)29(38)35-42-26-12-13-27(28(20-26)43(39,40)30(31,32)33)34-14-19-41-25-6-4-3-5-7-25;1-2-8-5-3-7-4-6-8;2*1-2/h3-13,20,22,34H,14-19,21H2,1-2H3,(H,35,38);7H,2-6H2,1H3;1-2H3;1-2H2. The molecule has 2 fully saturated rings. The molecule has 15 heteroatoms. The van der Waals surface area contributed by atoms with Crippen LogP contribution in [0.3, 0.4) is 0 Å². The number of nitrogens with one attached hydrogen (secondary N) is 3. The second-order valence-electron chi connectivity index (χ2n) is 12.6. The summed E-state index contributed by atoms with van der Waals surface area (Å²) in [7, 11) is -5.64. The summed E-state index contributed by atoms with van der Waals surface area (Å²) in [5.41, 5.74) is -4.23. The zero-order valence-electron chi connectivity index (χ0n) is 32.8. The lowest BCUT2D eigenvalue weighted by Crippen LogP contribution is -2.47. The molecule has 3 aromatic rings. The van der Waals surface area contributed by atoms with Crippen molar-refractivity contribution in [3.63, 3.8) is 0 Å². The van der Waals surface area contributed by atoms with Crippen LogP contribution in [0, 0.1) is 5.92 Å². The molecule has 2 aliphatic heterocycles. The van der Waals surface area contributed by atoms with Gasteiger partial charge in [-0.3, -0.25) is 14.4 Å². The topological polar surface area (TPSA) is 97.0 Å². The first kappa shape index (κ1) is 47.9. The maximum atomic E-state index is 13.5. The third kappa shape index (κ3) is 16.1. The summed E-state index contributed by atoms with van der Waals surface area (Å²) < 4.78 is 67.9. The van der Waals surface area contributed by atoms with E-state index >= 15 is 0 Å². The van der Waals surface area contributed by atoms with Crippen molar-refractivity contribution in [1.82, 2.24) is 19.8 Å². The molecule has 0 saturated carbocycles. The minimum atomic E-state index is -5.64. The van der Waals surface area contributed by atoms with E-state index in [1.807, 2.05) is 56.3 Å². The normalized spacial score (nSPS) is 15.0. The first-order valence-corrected chi connectivity index (χ1v) is 22.0. The minimum Gasteiger partial charge on any atom is -0.383 e. The first-order valence-electron chi connectivity index (χ1n) is 18.7. The van der Waals surface area contributed by atoms with Gasteiger partial charge in [0.05, 0.1) is 5.69 Å². The van der Waals surface area contributed by atoms with Crippen molar-refractivity contribution in [3.05, 3.63) is 91.5 Å². The van der Waals surface area contributed by atoms with Gasteiger partial charge in [-0.15, -0.1) is 24.9 Å². The number of amides is 1. The number of thioether (sulfide) groups is 1. The van der Waals surface area contributed by atoms with Crippen molar-refractivity contribution < 1.29 is 26.4 Å². The van der Waals surface area contributed by atoms with E-state index in [-0.39, 0.29) is 17.1 Å². The van der Waals surface area contributed by atoms with Crippen molar-refractivity contribution in [2.24, 2.45) is 5.92 Å². The lowest BCUT2D eigenvalue weighted by Gasteiger charge is -2.36. The molecular formula is C40H59F3N6O3S3. The smallest absolute Gasteiger partial charge is 0.383 e. The summed E-state index contributed by atoms with van der Waals surface area (Å²) in [5.74, 6) is 0.681. The molecule has 5 rings (SSSR count). The Bertz CT molecular complexity index is 1640. The van der Waals surface area contributed by atoms with Gasteiger partial charge in [0.25, 0.3) is 15.7 Å². The van der Waals surface area contributed by atoms with E-state index in [2.05, 4.69) is 64.0 Å². The highest BCUT2D eigenvalue weighted by molar-refractivity contribution is 7.99. The molecule has 2 aliphatic rings. The second kappa shape index (κ2) is 25.1. The number of carbonyl (C=O) groups excluding carboxylic acids is 1. The van der Waals surface area contributed by atoms with Crippen LogP contribution in [0.15, 0.2) is 101 Å². The first-order chi connectivity index (χ1) is 26.4. The Morgan fingerprint density at radius 2 is 1.49 bits per heavy atom. The molecule has 0 aromatic heterocycles. The number of anilines is 2. The average Bonchev–Trinajstić information content (AvgIpc) is 3.21. The Labute approximate surface area is 335 Å². The molecule has 2 saturated heterocycles. The summed E-state index contributed by atoms with van der Waals surface area (Å²) in [6.45, 7) is 27.7. The molecule has 3 N–H and O–H groups in total. The molecule has 0 unspecified atom stereocenters. The van der Waals surface area contributed by atoms with E-state index in [1.165, 1.54) is 56.6 Å². The summed E-state index contributed by atoms with van der Waals surface area (Å²) in [6.07, 6.45) is 0. The zero-order valence-corrected chi connectivity index (χ0v) is 35.3. The number of carbonyl (C=O) groups is 1. The molecule has 1 amide bonds. The fraction of sp³-hybridized carbons (Fsp3) is 0.475. The molecule has 55 heavy (non-hydrogen) atoms. The van der Waals surface area contributed by atoms with Crippen LogP contribution < -0.4 is 20.3 Å². The Balaban J connectivity index is 0.000000754. The average molecular weight is 825 g/mol. The van der Waals surface area contributed by atoms with Crippen molar-refractivity contribution >= 4 is 50.8 Å². The van der Waals surface area contributed by atoms with E-state index in [9.17, 15) is 26.4 Å². The van der Waals surface area contributed by atoms with Crippen LogP contribution in [0.4, 0.5) is 24.5 Å². The van der Waals surface area contributed by atoms with Gasteiger partial charge in [-0.05, 0) is 79.0 Å². The summed E-state index contributed by atoms with van der Waals surface area (Å²) in [4.78, 5) is 20.2. The number of nitrogens with zero attached hydrogens (tertiary/aromatic N) is 3. The van der Waals surface area contributed by atoms with Crippen LogP contribution in [-0.4, -0.2) is 107 Å². The molecular weight excluding hydrogens is 766 g/mol. The van der Waals surface area contributed by atoms with Gasteiger partial charge >= 0.3 is 5.51 Å². The molecule has 306 valence electrons. The number of likely N-dealkylation sites (N-methyl/N-ethyl adjacent to an activating group) is 1. The number of hydrogen-bond acceptors (Lipinski definition) is 10. The summed E-state index contributed by atoms with van der Waals surface area (Å²) in [5, 5.41) is 6.13. The maximum Gasteiger partial charge on any atom is 0.501 e. The fourth-order valence-corrected chi connectivity index (χ4v) is 8.12. The molecule has 0 bridgehead atoms. The number of piperazine rings is 2. The maximum absolute atomic E-state index is 13.5. The number of hydrogen-bond donors (Lipinski definition) is 3. The highest BCUT2D eigenvalue weighted by atomic mass is 32.2. The molecule has 0 spiro atoms. The molecule has 2 heterocycles. The van der Waals surface area contributed by atoms with Gasteiger partial charge in [0.2, 0.25) is 0 Å². The number of halogens is 3. The second-order valence-corrected chi connectivity index (χ2v) is 16.6. The Morgan fingerprint density at radius 3 is 2.04 bits per heavy atom. The Kier molecular flexibility index (Phi) is 21.9. The SMILES string of the molecule is C=C.CC.CC(C)CN1CCN(c2ccc(C(=O)NSc3ccc(NCCSc4ccccc4)c(S(=O)(=O)C(F)(F)F)c3)cc2)CC1.CCN1CCNCC1. The Morgan fingerprint density at radius 1 is 0.873 bits per heavy atom. The van der Waals surface area contributed by atoms with Gasteiger partial charge < -0.3 is 20.4 Å². The van der Waals surface area contributed by atoms with Gasteiger partial charge in [0, 0.05) is 92.2 Å². The van der Waals surface area contributed by atoms with Gasteiger partial charge in [0.15, 0.2) is 0 Å². The van der Waals surface area contributed by atoms with Crippen LogP contribution in [-0.2, 0) is 9.84 Å². The number of sulfone groups is 1. The lowest BCUT2D eigenvalue weighted by molar-refractivity contribution is -0.0435. The highest BCUT2D eigenvalue weighted by Gasteiger charge is 2.48. The third-order valence-electron chi connectivity index (χ3n) is 8.39. The largest absolute Gasteiger partial charge is 0.501 e. The quantitative estimate of drug-likeness (QED) is 0.0679. The van der Waals surface area contributed by atoms with E-state index in [1.54, 1.807) is 12.1 Å². The number of benzene rings is 3. The summed E-state index contributed by atoms with van der Waals surface area (Å²) in [6, 6.07) is 20.3. The highest BCUT2D eigenvalue weighted by Crippen LogP contribution is 2.36. The molecule has 3 aromatic carbocycles. The van der Waals surface area contributed by atoms with Gasteiger partial charge in [-0.2, -0.15) is 13.2 Å². The van der Waals surface area contributed by atoms with Gasteiger partial charge in [0.1, 0.15) is 4.90 Å². The minimum absolute atomic E-state index is 0.149. The fourth-order valence-electron chi connectivity index (χ4n) is 5.65. The lowest BCUT2D eigenvalue weighted by atomic mass is 10.1. The van der Waals surface area contributed by atoms with Crippen molar-refractivity contribution in [2.75, 3.05) is 88.0 Å². The van der Waals surface area contributed by atoms with Crippen molar-refractivity contribution in [3.8, 4) is 0 Å². The monoisotopic (exact) mass is 824 g/mol. The van der Waals surface area contributed by atoms with Gasteiger partial charge in [-0.25, -0.2) is 8.42 Å². The molecule has 0 atom stereocenters. The van der Waals surface area contributed by atoms with Gasteiger partial charge in [-0.1, -0.05) is 52.8 Å². The molecule has 0 aliphatic carbocycles. The van der Waals surface area contributed by atoms with E-state index < -0.39 is 26.1 Å². The van der Waals surface area contributed by atoms with Crippen LogP contribution in [0.2, 0.25) is 0 Å². The van der Waals surface area contributed by atoms with E-state index in [0.29, 0.717) is 17.2 Å². The van der Waals surface area contributed by atoms with Crippen molar-refractivity contribution in [1.29, 1.82) is 0 Å². The predicted molar refractivity (Wildman–Crippen MR) is 226 cm³/mol. The number of rotatable bonds is 13. The molecule has 9 nitrogen and oxygen atoms in total. The number of alkyl halides is 3. The van der Waals surface area contributed by atoms with Crippen LogP contribution in [0.1, 0.15) is 45.0 Å². The summed E-state index contributed by atoms with van der Waals surface area (Å²) >= 11 is 2.25. The van der Waals surface area contributed by atoms with E-state index in [4.69, 9.17) is 0 Å². The van der Waals surface area contributed by atoms with Crippen LogP contribution >= 0.6 is 23.7 Å². The predicted octanol–water partition coefficient (Wildman–Crippen LogP) is 8.14. The zero-order chi connectivity index (χ0) is 40.9. The third-order valence-corrected chi connectivity index (χ3v) is 11.7. The van der Waals surface area contributed by atoms with E-state index in [0.717, 1.165) is 61.3 Å². The molecule has 0 radical (unpaired) electrons. The van der Waals surface area contributed by atoms with Crippen molar-refractivity contribution in [2.45, 2.75) is 54.8 Å². The van der Waals surface area contributed by atoms with Crippen LogP contribution in [0.5, 0.6) is 0 Å². The Hall–Kier alpha value is -3.21.